The van der Waals surface area contributed by atoms with Crippen LogP contribution in [0.15, 0.2) is 77.1 Å². The van der Waals surface area contributed by atoms with Gasteiger partial charge in [-0.3, -0.25) is 24.9 Å². The fourth-order valence-corrected chi connectivity index (χ4v) is 5.32. The van der Waals surface area contributed by atoms with Gasteiger partial charge in [-0.25, -0.2) is 4.79 Å². The molecular formula is C31H27N5O5. The summed E-state index contributed by atoms with van der Waals surface area (Å²) in [5, 5.41) is 15.5. The average molecular weight is 550 g/mol. The highest BCUT2D eigenvalue weighted by Crippen LogP contribution is 2.30. The van der Waals surface area contributed by atoms with Crippen LogP contribution in [0, 0.1) is 11.8 Å². The molecule has 2 atom stereocenters. The second-order valence-electron chi connectivity index (χ2n) is 10.2. The standard InChI is InChI=1S/C31H27N5O5/c1-41-23-9-8-22-17-36(28(38)24(22)15-23)18-31(29(39)34-30(40)35-31)13-12-19-4-6-20(7-5-19)27-26(37)11-10-25(33-27)21-3-2-14-32-16-21/h2-4,6,8-10,14-16,26,37H,5,7,11,17-18H2,1H3,(H2,34,35,39,40)/t26?,31-/m1/s1. The van der Waals surface area contributed by atoms with Crippen LogP contribution in [0.1, 0.15) is 40.7 Å². The number of aliphatic hydroxyl groups is 1. The summed E-state index contributed by atoms with van der Waals surface area (Å²) < 4.78 is 5.24. The molecule has 10 heteroatoms. The van der Waals surface area contributed by atoms with Gasteiger partial charge < -0.3 is 20.1 Å². The van der Waals surface area contributed by atoms with Crippen molar-refractivity contribution in [2.45, 2.75) is 37.5 Å². The lowest BCUT2D eigenvalue weighted by molar-refractivity contribution is -0.122. The van der Waals surface area contributed by atoms with Crippen molar-refractivity contribution < 1.29 is 24.2 Å². The smallest absolute Gasteiger partial charge is 0.323 e. The monoisotopic (exact) mass is 549 g/mol. The van der Waals surface area contributed by atoms with Crippen LogP contribution in [-0.4, -0.2) is 63.8 Å². The van der Waals surface area contributed by atoms with E-state index in [4.69, 9.17) is 9.73 Å². The van der Waals surface area contributed by atoms with Crippen LogP contribution in [0.2, 0.25) is 0 Å². The summed E-state index contributed by atoms with van der Waals surface area (Å²) in [6, 6.07) is 8.39. The minimum Gasteiger partial charge on any atom is -0.497 e. The zero-order valence-corrected chi connectivity index (χ0v) is 22.3. The number of rotatable bonds is 5. The number of nitrogens with one attached hydrogen (secondary N) is 2. The highest BCUT2D eigenvalue weighted by Gasteiger charge is 2.48. The molecule has 41 heavy (non-hydrogen) atoms. The SMILES string of the molecule is COc1ccc2c(c1)C(=O)N(C[C@@]1(C#CC3=CC=C(C4=NC(c5cccnc5)=CCC4O)CC3)NC(=O)NC1=O)C2. The minimum atomic E-state index is -1.59. The van der Waals surface area contributed by atoms with Crippen LogP contribution >= 0.6 is 0 Å². The van der Waals surface area contributed by atoms with E-state index in [1.165, 1.54) is 12.0 Å². The number of hydrogen-bond donors (Lipinski definition) is 3. The first-order chi connectivity index (χ1) is 19.8. The Balaban J connectivity index is 1.23. The Morgan fingerprint density at radius 2 is 2.07 bits per heavy atom. The summed E-state index contributed by atoms with van der Waals surface area (Å²) in [7, 11) is 1.53. The van der Waals surface area contributed by atoms with Gasteiger partial charge in [0.15, 0.2) is 0 Å². The normalized spacial score (nSPS) is 23.3. The van der Waals surface area contributed by atoms with Gasteiger partial charge in [-0.1, -0.05) is 36.1 Å². The zero-order valence-electron chi connectivity index (χ0n) is 22.3. The molecule has 206 valence electrons. The maximum atomic E-state index is 13.1. The Labute approximate surface area is 236 Å². The number of imide groups is 1. The lowest BCUT2D eigenvalue weighted by Crippen LogP contribution is -2.54. The summed E-state index contributed by atoms with van der Waals surface area (Å²) >= 11 is 0. The van der Waals surface area contributed by atoms with Gasteiger partial charge in [0.05, 0.1) is 31.2 Å². The largest absolute Gasteiger partial charge is 0.497 e. The molecule has 1 aromatic carbocycles. The van der Waals surface area contributed by atoms with E-state index in [9.17, 15) is 19.5 Å². The highest BCUT2D eigenvalue weighted by atomic mass is 16.5. The van der Waals surface area contributed by atoms with E-state index in [0.717, 1.165) is 28.0 Å². The molecule has 3 aliphatic heterocycles. The van der Waals surface area contributed by atoms with Gasteiger partial charge in [0.1, 0.15) is 5.75 Å². The molecule has 3 N–H and O–H groups in total. The molecule has 0 spiro atoms. The number of amides is 4. The van der Waals surface area contributed by atoms with Crippen LogP contribution < -0.4 is 15.4 Å². The number of aromatic nitrogens is 1. The second-order valence-corrected chi connectivity index (χ2v) is 10.2. The van der Waals surface area contributed by atoms with Crippen molar-refractivity contribution in [3.05, 3.63) is 88.8 Å². The van der Waals surface area contributed by atoms with Crippen LogP contribution in [0.25, 0.3) is 5.70 Å². The molecule has 0 radical (unpaired) electrons. The predicted molar refractivity (Wildman–Crippen MR) is 151 cm³/mol. The first-order valence-corrected chi connectivity index (χ1v) is 13.3. The van der Waals surface area contributed by atoms with Gasteiger partial charge in [-0.2, -0.15) is 0 Å². The fourth-order valence-electron chi connectivity index (χ4n) is 5.32. The topological polar surface area (TPSA) is 133 Å². The molecule has 6 rings (SSSR count). The van der Waals surface area contributed by atoms with Crippen molar-refractivity contribution in [1.29, 1.82) is 0 Å². The predicted octanol–water partition coefficient (Wildman–Crippen LogP) is 2.52. The summed E-state index contributed by atoms with van der Waals surface area (Å²) in [6.07, 6.45) is 10.00. The number of carbonyl (C=O) groups excluding carboxylic acids is 3. The number of allylic oxidation sites excluding steroid dienone is 3. The van der Waals surface area contributed by atoms with E-state index in [-0.39, 0.29) is 12.5 Å². The number of aliphatic imine (C=N–C) groups is 1. The Morgan fingerprint density at radius 3 is 2.78 bits per heavy atom. The van der Waals surface area contributed by atoms with Crippen LogP contribution in [0.3, 0.4) is 0 Å². The Kier molecular flexibility index (Phi) is 6.73. The van der Waals surface area contributed by atoms with E-state index >= 15 is 0 Å². The van der Waals surface area contributed by atoms with Crippen molar-refractivity contribution in [3.8, 4) is 17.6 Å². The molecule has 1 aromatic heterocycles. The lowest BCUT2D eigenvalue weighted by Gasteiger charge is -2.26. The summed E-state index contributed by atoms with van der Waals surface area (Å²) in [5.41, 5.74) is 3.68. The molecule has 1 aliphatic carbocycles. The highest BCUT2D eigenvalue weighted by molar-refractivity contribution is 6.10. The molecule has 10 nitrogen and oxygen atoms in total. The molecular weight excluding hydrogens is 522 g/mol. The molecule has 1 unspecified atom stereocenters. The molecule has 4 amide bonds. The van der Waals surface area contributed by atoms with Crippen molar-refractivity contribution in [2.75, 3.05) is 13.7 Å². The molecule has 0 bridgehead atoms. The zero-order chi connectivity index (χ0) is 28.6. The van der Waals surface area contributed by atoms with Crippen LogP contribution in [0.5, 0.6) is 5.75 Å². The molecule has 1 saturated heterocycles. The van der Waals surface area contributed by atoms with Gasteiger partial charge in [0.2, 0.25) is 5.54 Å². The van der Waals surface area contributed by atoms with E-state index in [1.54, 1.807) is 24.5 Å². The Morgan fingerprint density at radius 1 is 1.20 bits per heavy atom. The summed E-state index contributed by atoms with van der Waals surface area (Å²) in [4.78, 5) is 48.6. The summed E-state index contributed by atoms with van der Waals surface area (Å²) in [6.45, 7) is 0.188. The van der Waals surface area contributed by atoms with Crippen molar-refractivity contribution >= 4 is 29.3 Å². The number of pyridine rings is 1. The molecule has 4 aliphatic rings. The maximum absolute atomic E-state index is 13.1. The first-order valence-electron chi connectivity index (χ1n) is 13.3. The van der Waals surface area contributed by atoms with Crippen LogP contribution in [-0.2, 0) is 11.3 Å². The quantitative estimate of drug-likeness (QED) is 0.388. The Bertz CT molecular complexity index is 1650. The van der Waals surface area contributed by atoms with Crippen molar-refractivity contribution in [3.63, 3.8) is 0 Å². The number of methoxy groups -OCH3 is 1. The number of aliphatic hydroxyl groups excluding tert-OH is 1. The van der Waals surface area contributed by atoms with Crippen LogP contribution in [0.4, 0.5) is 4.79 Å². The fraction of sp³-hybridized carbons (Fsp3) is 0.258. The minimum absolute atomic E-state index is 0.103. The first kappa shape index (κ1) is 26.2. The van der Waals surface area contributed by atoms with E-state index in [1.807, 2.05) is 36.4 Å². The third-order valence-electron chi connectivity index (χ3n) is 7.53. The number of benzene rings is 1. The van der Waals surface area contributed by atoms with E-state index in [2.05, 4.69) is 27.5 Å². The number of carbonyl (C=O) groups is 3. The Hall–Kier alpha value is -5.01. The van der Waals surface area contributed by atoms with Gasteiger partial charge in [0.25, 0.3) is 11.8 Å². The van der Waals surface area contributed by atoms with Gasteiger partial charge in [0, 0.05) is 35.6 Å². The number of hydrogen-bond acceptors (Lipinski definition) is 7. The molecule has 1 fully saturated rings. The third kappa shape index (κ3) is 5.03. The molecule has 4 heterocycles. The van der Waals surface area contributed by atoms with Gasteiger partial charge >= 0.3 is 6.03 Å². The lowest BCUT2D eigenvalue weighted by atomic mass is 9.90. The number of fused-ring (bicyclic) bond motifs is 1. The number of urea groups is 1. The van der Waals surface area contributed by atoms with Gasteiger partial charge in [-0.05, 0) is 54.7 Å². The van der Waals surface area contributed by atoms with E-state index in [0.29, 0.717) is 42.8 Å². The van der Waals surface area contributed by atoms with Crippen molar-refractivity contribution in [2.24, 2.45) is 4.99 Å². The third-order valence-corrected chi connectivity index (χ3v) is 7.53. The van der Waals surface area contributed by atoms with E-state index < -0.39 is 23.6 Å². The average Bonchev–Trinajstić information content (AvgIpc) is 3.46. The maximum Gasteiger partial charge on any atom is 0.323 e. The summed E-state index contributed by atoms with van der Waals surface area (Å²) in [5.74, 6) is 5.74. The van der Waals surface area contributed by atoms with Gasteiger partial charge in [-0.15, -0.1) is 0 Å². The number of nitrogens with zero attached hydrogens (tertiary/aromatic N) is 3. The number of ether oxygens (including phenoxy) is 1. The molecule has 2 aromatic rings. The molecule has 0 saturated carbocycles. The van der Waals surface area contributed by atoms with Crippen molar-refractivity contribution in [1.82, 2.24) is 20.5 Å². The second kappa shape index (κ2) is 10.5.